The van der Waals surface area contributed by atoms with Gasteiger partial charge in [-0.05, 0) is 23.8 Å². The zero-order valence-electron chi connectivity index (χ0n) is 9.28. The van der Waals surface area contributed by atoms with Crippen LogP contribution in [0.4, 0.5) is 4.39 Å². The Morgan fingerprint density at radius 2 is 2.00 bits per heavy atom. The van der Waals surface area contributed by atoms with Crippen LogP contribution in [0.5, 0.6) is 0 Å². The van der Waals surface area contributed by atoms with Crippen LogP contribution in [0.25, 0.3) is 0 Å². The highest BCUT2D eigenvalue weighted by Gasteiger charge is 2.14. The second kappa shape index (κ2) is 5.65. The highest BCUT2D eigenvalue weighted by atomic mass is 35.5. The van der Waals surface area contributed by atoms with Crippen LogP contribution < -0.4 is 0 Å². The van der Waals surface area contributed by atoms with Gasteiger partial charge in [0.25, 0.3) is 0 Å². The van der Waals surface area contributed by atoms with Crippen molar-refractivity contribution in [1.82, 2.24) is 4.98 Å². The van der Waals surface area contributed by atoms with Crippen molar-refractivity contribution in [3.8, 4) is 0 Å². The summed E-state index contributed by atoms with van der Waals surface area (Å²) in [6, 6.07) is 7.92. The summed E-state index contributed by atoms with van der Waals surface area (Å²) in [7, 11) is 0. The Labute approximate surface area is 114 Å². The van der Waals surface area contributed by atoms with Crippen LogP contribution in [0, 0.1) is 5.82 Å². The van der Waals surface area contributed by atoms with Crippen LogP contribution in [0.15, 0.2) is 36.5 Å². The Bertz CT molecular complexity index is 545. The van der Waals surface area contributed by atoms with E-state index in [4.69, 9.17) is 23.2 Å². The second-order valence-electron chi connectivity index (χ2n) is 3.83. The van der Waals surface area contributed by atoms with Gasteiger partial charge in [0, 0.05) is 12.6 Å². The molecular weight excluding hydrogens is 276 g/mol. The molecule has 2 nitrogen and oxygen atoms in total. The van der Waals surface area contributed by atoms with E-state index >= 15 is 0 Å². The number of rotatable bonds is 3. The molecule has 0 fully saturated rings. The van der Waals surface area contributed by atoms with Gasteiger partial charge in [0.1, 0.15) is 11.9 Å². The van der Waals surface area contributed by atoms with Crippen molar-refractivity contribution < 1.29 is 9.50 Å². The molecule has 1 heterocycles. The third-order valence-corrected chi connectivity index (χ3v) is 3.05. The molecule has 1 unspecified atom stereocenters. The van der Waals surface area contributed by atoms with Gasteiger partial charge in [-0.3, -0.25) is 4.98 Å². The summed E-state index contributed by atoms with van der Waals surface area (Å²) in [6.07, 6.45) is 0.658. The number of aliphatic hydroxyl groups excluding tert-OH is 1. The lowest BCUT2D eigenvalue weighted by molar-refractivity contribution is 0.172. The first-order valence-electron chi connectivity index (χ1n) is 5.30. The van der Waals surface area contributed by atoms with Gasteiger partial charge in [0.15, 0.2) is 0 Å². The summed E-state index contributed by atoms with van der Waals surface area (Å²) >= 11 is 11.4. The molecule has 1 atom stereocenters. The molecule has 0 saturated heterocycles. The fourth-order valence-electron chi connectivity index (χ4n) is 1.60. The van der Waals surface area contributed by atoms with Gasteiger partial charge in [0.2, 0.25) is 0 Å². The van der Waals surface area contributed by atoms with Gasteiger partial charge in [-0.2, -0.15) is 0 Å². The summed E-state index contributed by atoms with van der Waals surface area (Å²) < 4.78 is 13.7. The molecule has 0 radical (unpaired) electrons. The lowest BCUT2D eigenvalue weighted by Gasteiger charge is -2.11. The summed E-state index contributed by atoms with van der Waals surface area (Å²) in [4.78, 5) is 3.99. The SMILES string of the molecule is OC(Cc1cccc(Cl)c1F)c1ccc(Cl)cn1. The first-order chi connectivity index (χ1) is 8.58. The number of benzene rings is 1. The molecule has 18 heavy (non-hydrogen) atoms. The molecule has 94 valence electrons. The van der Waals surface area contributed by atoms with Gasteiger partial charge < -0.3 is 5.11 Å². The van der Waals surface area contributed by atoms with Crippen molar-refractivity contribution in [3.05, 3.63) is 63.6 Å². The zero-order valence-corrected chi connectivity index (χ0v) is 10.8. The second-order valence-corrected chi connectivity index (χ2v) is 4.68. The molecular formula is C13H10Cl2FNO. The monoisotopic (exact) mass is 285 g/mol. The van der Waals surface area contributed by atoms with Crippen LogP contribution in [-0.2, 0) is 6.42 Å². The van der Waals surface area contributed by atoms with Crippen molar-refractivity contribution in [2.75, 3.05) is 0 Å². The number of halogens is 3. The number of nitrogens with zero attached hydrogens (tertiary/aromatic N) is 1. The molecule has 2 aromatic rings. The van der Waals surface area contributed by atoms with Crippen molar-refractivity contribution in [1.29, 1.82) is 0 Å². The maximum absolute atomic E-state index is 13.7. The van der Waals surface area contributed by atoms with Gasteiger partial charge in [0.05, 0.1) is 15.7 Å². The highest BCUT2D eigenvalue weighted by Crippen LogP contribution is 2.23. The molecule has 1 aromatic carbocycles. The molecule has 0 bridgehead atoms. The van der Waals surface area contributed by atoms with E-state index in [0.29, 0.717) is 16.3 Å². The van der Waals surface area contributed by atoms with Crippen molar-refractivity contribution in [3.63, 3.8) is 0 Å². The molecule has 0 aliphatic carbocycles. The quantitative estimate of drug-likeness (QED) is 0.930. The van der Waals surface area contributed by atoms with Crippen molar-refractivity contribution in [2.24, 2.45) is 0 Å². The first kappa shape index (κ1) is 13.3. The number of aromatic nitrogens is 1. The van der Waals surface area contributed by atoms with E-state index in [9.17, 15) is 9.50 Å². The largest absolute Gasteiger partial charge is 0.386 e. The van der Waals surface area contributed by atoms with E-state index in [2.05, 4.69) is 4.98 Å². The van der Waals surface area contributed by atoms with Crippen LogP contribution in [0.3, 0.4) is 0 Å². The molecule has 5 heteroatoms. The van der Waals surface area contributed by atoms with Crippen LogP contribution in [0.2, 0.25) is 10.0 Å². The topological polar surface area (TPSA) is 33.1 Å². The molecule has 0 spiro atoms. The predicted octanol–water partition coefficient (Wildman–Crippen LogP) is 3.80. The molecule has 1 N–H and O–H groups in total. The van der Waals surface area contributed by atoms with Gasteiger partial charge in [-0.25, -0.2) is 4.39 Å². The van der Waals surface area contributed by atoms with E-state index in [-0.39, 0.29) is 11.4 Å². The normalized spacial score (nSPS) is 12.4. The smallest absolute Gasteiger partial charge is 0.145 e. The highest BCUT2D eigenvalue weighted by molar-refractivity contribution is 6.30. The molecule has 0 amide bonds. The Morgan fingerprint density at radius 1 is 1.22 bits per heavy atom. The standard InChI is InChI=1S/C13H10Cl2FNO/c14-9-4-5-11(17-7-9)12(18)6-8-2-1-3-10(15)13(8)16/h1-5,7,12,18H,6H2. The number of aliphatic hydroxyl groups is 1. The van der Waals surface area contributed by atoms with E-state index in [1.807, 2.05) is 0 Å². The molecule has 0 aliphatic heterocycles. The van der Waals surface area contributed by atoms with Crippen LogP contribution in [0.1, 0.15) is 17.4 Å². The fourth-order valence-corrected chi connectivity index (χ4v) is 1.91. The number of pyridine rings is 1. The van der Waals surface area contributed by atoms with Crippen LogP contribution in [-0.4, -0.2) is 10.1 Å². The average Bonchev–Trinajstić information content (AvgIpc) is 2.36. The predicted molar refractivity (Wildman–Crippen MR) is 69.3 cm³/mol. The number of hydrogen-bond donors (Lipinski definition) is 1. The summed E-state index contributed by atoms with van der Waals surface area (Å²) in [6.45, 7) is 0. The van der Waals surface area contributed by atoms with E-state index in [1.54, 1.807) is 24.3 Å². The Kier molecular flexibility index (Phi) is 4.17. The van der Waals surface area contributed by atoms with E-state index in [0.717, 1.165) is 0 Å². The third kappa shape index (κ3) is 2.99. The van der Waals surface area contributed by atoms with E-state index in [1.165, 1.54) is 12.3 Å². The minimum atomic E-state index is -0.893. The number of hydrogen-bond acceptors (Lipinski definition) is 2. The lowest BCUT2D eigenvalue weighted by atomic mass is 10.0. The zero-order chi connectivity index (χ0) is 13.1. The molecule has 0 aliphatic rings. The maximum atomic E-state index is 13.7. The van der Waals surface area contributed by atoms with Gasteiger partial charge in [-0.1, -0.05) is 35.3 Å². The molecule has 1 aromatic heterocycles. The Hall–Kier alpha value is -1.16. The average molecular weight is 286 g/mol. The summed E-state index contributed by atoms with van der Waals surface area (Å²) in [5.74, 6) is -0.507. The fraction of sp³-hybridized carbons (Fsp3) is 0.154. The molecule has 2 rings (SSSR count). The van der Waals surface area contributed by atoms with E-state index < -0.39 is 11.9 Å². The van der Waals surface area contributed by atoms with Crippen molar-refractivity contribution in [2.45, 2.75) is 12.5 Å². The Balaban J connectivity index is 2.18. The van der Waals surface area contributed by atoms with Gasteiger partial charge >= 0.3 is 0 Å². The maximum Gasteiger partial charge on any atom is 0.145 e. The minimum Gasteiger partial charge on any atom is -0.386 e. The molecule has 0 saturated carbocycles. The van der Waals surface area contributed by atoms with Crippen LogP contribution >= 0.6 is 23.2 Å². The lowest BCUT2D eigenvalue weighted by Crippen LogP contribution is -2.05. The summed E-state index contributed by atoms with van der Waals surface area (Å²) in [5.41, 5.74) is 0.797. The minimum absolute atomic E-state index is 0.0452. The Morgan fingerprint density at radius 3 is 2.67 bits per heavy atom. The van der Waals surface area contributed by atoms with Gasteiger partial charge in [-0.15, -0.1) is 0 Å². The third-order valence-electron chi connectivity index (χ3n) is 2.54. The summed E-state index contributed by atoms with van der Waals surface area (Å²) in [5, 5.41) is 10.5. The first-order valence-corrected chi connectivity index (χ1v) is 6.06. The van der Waals surface area contributed by atoms with Crippen molar-refractivity contribution >= 4 is 23.2 Å².